The SMILES string of the molecule is Cc1c(N2CC(F)C(C3(NC(=O)OC(C)(C)C)CC3)C2)c(F)c(N)c2c(=O)c(C(=O)O)cn(C3CC3F)c12. The Bertz CT molecular complexity index is 1410. The molecule has 12 heteroatoms. The number of rotatable bonds is 5. The minimum absolute atomic E-state index is 0.0273. The molecule has 1 aromatic heterocycles. The normalized spacial score (nSPS) is 25.9. The number of pyridine rings is 1. The lowest BCUT2D eigenvalue weighted by atomic mass is 9.95. The van der Waals surface area contributed by atoms with E-state index in [-0.39, 0.29) is 41.7 Å². The van der Waals surface area contributed by atoms with E-state index in [2.05, 4.69) is 5.32 Å². The Kier molecular flexibility index (Phi) is 5.88. The van der Waals surface area contributed by atoms with Gasteiger partial charge in [0.05, 0.1) is 33.9 Å². The van der Waals surface area contributed by atoms with E-state index in [0.29, 0.717) is 12.8 Å². The second kappa shape index (κ2) is 8.54. The van der Waals surface area contributed by atoms with Crippen molar-refractivity contribution in [3.05, 3.63) is 33.4 Å². The van der Waals surface area contributed by atoms with Gasteiger partial charge in [0.1, 0.15) is 23.5 Å². The van der Waals surface area contributed by atoms with Gasteiger partial charge in [-0.1, -0.05) is 0 Å². The average molecular weight is 537 g/mol. The van der Waals surface area contributed by atoms with Crippen LogP contribution in [0, 0.1) is 18.7 Å². The molecule has 1 amide bonds. The minimum atomic E-state index is -1.53. The van der Waals surface area contributed by atoms with Gasteiger partial charge in [-0.3, -0.25) is 4.79 Å². The van der Waals surface area contributed by atoms with Crippen molar-refractivity contribution in [2.75, 3.05) is 23.7 Å². The molecule has 4 N–H and O–H groups in total. The molecule has 38 heavy (non-hydrogen) atoms. The average Bonchev–Trinajstić information content (AvgIpc) is 3.69. The zero-order chi connectivity index (χ0) is 27.9. The van der Waals surface area contributed by atoms with Crippen molar-refractivity contribution < 1.29 is 32.6 Å². The molecule has 9 nitrogen and oxygen atoms in total. The smallest absolute Gasteiger partial charge is 0.408 e. The predicted molar refractivity (Wildman–Crippen MR) is 135 cm³/mol. The highest BCUT2D eigenvalue weighted by atomic mass is 19.1. The predicted octanol–water partition coefficient (Wildman–Crippen LogP) is 3.84. The summed E-state index contributed by atoms with van der Waals surface area (Å²) < 4.78 is 52.0. The van der Waals surface area contributed by atoms with Gasteiger partial charge in [-0.15, -0.1) is 0 Å². The van der Waals surface area contributed by atoms with Gasteiger partial charge in [0, 0.05) is 31.6 Å². The van der Waals surface area contributed by atoms with Crippen LogP contribution in [0.5, 0.6) is 0 Å². The standard InChI is InChI=1S/C26H31F3N4O5/c1-11-20-17(22(34)12(23(35)36)8-33(20)16-7-14(16)27)19(30)18(29)21(11)32-9-13(15(28)10-32)26(5-6-26)31-24(37)38-25(2,3)4/h8,13-16H,5-7,9-10,30H2,1-4H3,(H,31,37)(H,35,36). The zero-order valence-corrected chi connectivity index (χ0v) is 21.6. The molecular formula is C26H31F3N4O5. The highest BCUT2D eigenvalue weighted by molar-refractivity contribution is 6.01. The van der Waals surface area contributed by atoms with E-state index < -0.39 is 70.0 Å². The summed E-state index contributed by atoms with van der Waals surface area (Å²) in [6.07, 6.45) is -1.04. The molecule has 0 bridgehead atoms. The number of nitrogen functional groups attached to an aromatic ring is 1. The molecule has 1 aliphatic heterocycles. The van der Waals surface area contributed by atoms with Gasteiger partial charge < -0.3 is 30.4 Å². The monoisotopic (exact) mass is 536 g/mol. The second-order valence-corrected chi connectivity index (χ2v) is 11.6. The highest BCUT2D eigenvalue weighted by Crippen LogP contribution is 2.50. The number of benzene rings is 1. The van der Waals surface area contributed by atoms with E-state index in [1.54, 1.807) is 20.8 Å². The number of nitrogens with two attached hydrogens (primary N) is 1. The number of carboxylic acid groups (broad SMARTS) is 1. The van der Waals surface area contributed by atoms with Crippen molar-refractivity contribution in [3.8, 4) is 0 Å². The lowest BCUT2D eigenvalue weighted by Crippen LogP contribution is -2.47. The van der Waals surface area contributed by atoms with Crippen molar-refractivity contribution >= 4 is 34.3 Å². The van der Waals surface area contributed by atoms with Crippen molar-refractivity contribution in [1.29, 1.82) is 0 Å². The first-order valence-electron chi connectivity index (χ1n) is 12.6. The number of aryl methyl sites for hydroxylation is 1. The maximum atomic E-state index is 15.8. The van der Waals surface area contributed by atoms with Crippen LogP contribution in [-0.2, 0) is 4.74 Å². The number of fused-ring (bicyclic) bond motifs is 1. The maximum absolute atomic E-state index is 15.8. The summed E-state index contributed by atoms with van der Waals surface area (Å²) in [7, 11) is 0. The van der Waals surface area contributed by atoms with Gasteiger partial charge in [0.15, 0.2) is 5.82 Å². The summed E-state index contributed by atoms with van der Waals surface area (Å²) >= 11 is 0. The highest BCUT2D eigenvalue weighted by Gasteiger charge is 2.57. The molecule has 1 saturated heterocycles. The summed E-state index contributed by atoms with van der Waals surface area (Å²) in [6, 6.07) is -0.722. The fourth-order valence-corrected chi connectivity index (χ4v) is 5.71. The molecule has 4 unspecified atom stereocenters. The lowest BCUT2D eigenvalue weighted by molar-refractivity contribution is 0.0462. The number of carbonyl (C=O) groups is 2. The zero-order valence-electron chi connectivity index (χ0n) is 21.6. The minimum Gasteiger partial charge on any atom is -0.477 e. The van der Waals surface area contributed by atoms with Crippen LogP contribution >= 0.6 is 0 Å². The number of alkyl halides is 2. The Morgan fingerprint density at radius 3 is 2.37 bits per heavy atom. The van der Waals surface area contributed by atoms with Crippen LogP contribution in [-0.4, -0.2) is 58.3 Å². The summed E-state index contributed by atoms with van der Waals surface area (Å²) in [5.74, 6) is -3.15. The molecular weight excluding hydrogens is 505 g/mol. The third kappa shape index (κ3) is 4.23. The number of hydrogen-bond donors (Lipinski definition) is 3. The maximum Gasteiger partial charge on any atom is 0.408 e. The number of halogens is 3. The third-order valence-corrected chi connectivity index (χ3v) is 7.74. The molecule has 3 fully saturated rings. The number of ether oxygens (including phenoxy) is 1. The molecule has 2 aromatic rings. The molecule has 1 aromatic carbocycles. The molecule has 4 atom stereocenters. The fourth-order valence-electron chi connectivity index (χ4n) is 5.71. The van der Waals surface area contributed by atoms with Crippen molar-refractivity contribution in [3.63, 3.8) is 0 Å². The number of amides is 1. The van der Waals surface area contributed by atoms with Crippen molar-refractivity contribution in [2.24, 2.45) is 5.92 Å². The van der Waals surface area contributed by atoms with Crippen molar-refractivity contribution in [1.82, 2.24) is 9.88 Å². The molecule has 5 rings (SSSR count). The topological polar surface area (TPSA) is 127 Å². The van der Waals surface area contributed by atoms with E-state index in [4.69, 9.17) is 10.5 Å². The quantitative estimate of drug-likeness (QED) is 0.496. The van der Waals surface area contributed by atoms with Crippen LogP contribution in [0.3, 0.4) is 0 Å². The fraction of sp³-hybridized carbons (Fsp3) is 0.577. The van der Waals surface area contributed by atoms with Crippen LogP contribution in [0.2, 0.25) is 0 Å². The second-order valence-electron chi connectivity index (χ2n) is 11.6. The largest absolute Gasteiger partial charge is 0.477 e. The Balaban J connectivity index is 1.55. The van der Waals surface area contributed by atoms with Gasteiger partial charge in [0.25, 0.3) is 0 Å². The number of carboxylic acids is 1. The Labute approximate surface area is 216 Å². The molecule has 206 valence electrons. The number of alkyl carbamates (subject to hydrolysis) is 1. The van der Waals surface area contributed by atoms with Crippen LogP contribution in [0.4, 0.5) is 29.3 Å². The van der Waals surface area contributed by atoms with E-state index in [9.17, 15) is 23.9 Å². The van der Waals surface area contributed by atoms with Gasteiger partial charge in [0.2, 0.25) is 5.43 Å². The Morgan fingerprint density at radius 1 is 1.21 bits per heavy atom. The van der Waals surface area contributed by atoms with Crippen molar-refractivity contribution in [2.45, 2.75) is 76.5 Å². The Hall–Kier alpha value is -3.44. The molecule has 0 radical (unpaired) electrons. The first-order chi connectivity index (χ1) is 17.6. The molecule has 0 spiro atoms. The van der Waals surface area contributed by atoms with Crippen LogP contribution in [0.1, 0.15) is 62.0 Å². The van der Waals surface area contributed by atoms with Gasteiger partial charge in [-0.05, 0) is 46.1 Å². The van der Waals surface area contributed by atoms with Crippen LogP contribution in [0.15, 0.2) is 11.0 Å². The van der Waals surface area contributed by atoms with Gasteiger partial charge in [-0.2, -0.15) is 0 Å². The summed E-state index contributed by atoms with van der Waals surface area (Å²) in [5.41, 5.74) is 2.70. The first kappa shape index (κ1) is 26.2. The van der Waals surface area contributed by atoms with Crippen LogP contribution < -0.4 is 21.4 Å². The number of carbonyl (C=O) groups excluding carboxylic acids is 1. The lowest BCUT2D eigenvalue weighted by Gasteiger charge is -2.29. The first-order valence-corrected chi connectivity index (χ1v) is 12.6. The molecule has 2 heterocycles. The Morgan fingerprint density at radius 2 is 1.84 bits per heavy atom. The summed E-state index contributed by atoms with van der Waals surface area (Å²) in [5, 5.41) is 12.0. The molecule has 2 aliphatic carbocycles. The third-order valence-electron chi connectivity index (χ3n) is 7.74. The van der Waals surface area contributed by atoms with E-state index in [0.717, 1.165) is 6.20 Å². The number of aromatic nitrogens is 1. The van der Waals surface area contributed by atoms with Gasteiger partial charge >= 0.3 is 12.1 Å². The van der Waals surface area contributed by atoms with Gasteiger partial charge in [-0.25, -0.2) is 22.8 Å². The van der Waals surface area contributed by atoms with E-state index >= 15 is 8.78 Å². The number of anilines is 2. The number of aromatic carboxylic acids is 1. The molecule has 2 saturated carbocycles. The van der Waals surface area contributed by atoms with E-state index in [1.807, 2.05) is 0 Å². The van der Waals surface area contributed by atoms with E-state index in [1.165, 1.54) is 16.4 Å². The number of nitrogens with zero attached hydrogens (tertiary/aromatic N) is 2. The summed E-state index contributed by atoms with van der Waals surface area (Å²) in [6.45, 7) is 6.58. The number of hydrogen-bond acceptors (Lipinski definition) is 6. The van der Waals surface area contributed by atoms with Crippen LogP contribution in [0.25, 0.3) is 10.9 Å². The number of nitrogens with one attached hydrogen (secondary N) is 1. The molecule has 3 aliphatic rings. The summed E-state index contributed by atoms with van der Waals surface area (Å²) in [4.78, 5) is 38.6.